The maximum Gasteiger partial charge on any atom is 0.417 e. The standard InChI is InChI=1S/C25H24F4N6OS/c1-34(2)14-18-19(35-8-10-36-11-9-35)6-7-21(31-18)33-22-12-17-20(13-30-22)37-24(32-17)23-15(25(27,28)29)4-3-5-16(23)26/h3-7,12-13H,8-11,14H2,1-2H3,(H,30,31,33). The summed E-state index contributed by atoms with van der Waals surface area (Å²) in [7, 11) is 3.94. The van der Waals surface area contributed by atoms with Gasteiger partial charge in [0, 0.05) is 31.9 Å². The highest BCUT2D eigenvalue weighted by Gasteiger charge is 2.36. The third-order valence-electron chi connectivity index (χ3n) is 5.83. The molecule has 0 amide bonds. The fourth-order valence-corrected chi connectivity index (χ4v) is 5.17. The Labute approximate surface area is 214 Å². The van der Waals surface area contributed by atoms with Crippen molar-refractivity contribution in [3.8, 4) is 10.6 Å². The van der Waals surface area contributed by atoms with Crippen molar-refractivity contribution in [3.05, 3.63) is 59.7 Å². The van der Waals surface area contributed by atoms with Crippen LogP contribution >= 0.6 is 11.3 Å². The molecule has 1 N–H and O–H groups in total. The molecule has 0 radical (unpaired) electrons. The number of aromatic nitrogens is 3. The Bertz CT molecular complexity index is 1420. The van der Waals surface area contributed by atoms with Crippen LogP contribution in [0.25, 0.3) is 20.8 Å². The summed E-state index contributed by atoms with van der Waals surface area (Å²) >= 11 is 0.959. The van der Waals surface area contributed by atoms with Crippen molar-refractivity contribution in [3.63, 3.8) is 0 Å². The summed E-state index contributed by atoms with van der Waals surface area (Å²) in [6.45, 7) is 3.54. The Morgan fingerprint density at radius 2 is 1.86 bits per heavy atom. The van der Waals surface area contributed by atoms with Crippen LogP contribution in [-0.2, 0) is 17.5 Å². The lowest BCUT2D eigenvalue weighted by Gasteiger charge is -2.31. The van der Waals surface area contributed by atoms with Gasteiger partial charge in [0.25, 0.3) is 0 Å². The van der Waals surface area contributed by atoms with Gasteiger partial charge in [-0.2, -0.15) is 13.2 Å². The topological polar surface area (TPSA) is 66.4 Å². The van der Waals surface area contributed by atoms with E-state index < -0.39 is 23.1 Å². The minimum absolute atomic E-state index is 0.0550. The first kappa shape index (κ1) is 25.3. The number of rotatable bonds is 6. The van der Waals surface area contributed by atoms with Crippen LogP contribution in [0.5, 0.6) is 0 Å². The predicted octanol–water partition coefficient (Wildman–Crippen LogP) is 5.55. The number of alkyl halides is 3. The summed E-state index contributed by atoms with van der Waals surface area (Å²) in [5, 5.41) is 3.11. The normalized spacial score (nSPS) is 14.5. The molecule has 3 aromatic heterocycles. The zero-order valence-electron chi connectivity index (χ0n) is 20.1. The molecular formula is C25H24F4N6OS. The molecule has 0 spiro atoms. The number of thiazole rings is 1. The van der Waals surface area contributed by atoms with Crippen LogP contribution in [0.15, 0.2) is 42.6 Å². The summed E-state index contributed by atoms with van der Waals surface area (Å²) in [5.74, 6) is 0.0270. The van der Waals surface area contributed by atoms with Gasteiger partial charge in [0.1, 0.15) is 22.5 Å². The predicted molar refractivity (Wildman–Crippen MR) is 136 cm³/mol. The van der Waals surface area contributed by atoms with E-state index in [1.165, 1.54) is 6.20 Å². The minimum atomic E-state index is -4.70. The molecule has 4 heterocycles. The molecule has 1 aliphatic rings. The number of nitrogens with zero attached hydrogens (tertiary/aromatic N) is 5. The van der Waals surface area contributed by atoms with Crippen molar-refractivity contribution in [1.82, 2.24) is 19.9 Å². The molecule has 4 aromatic rings. The third kappa shape index (κ3) is 5.50. The Kier molecular flexibility index (Phi) is 6.97. The second-order valence-electron chi connectivity index (χ2n) is 8.84. The molecular weight excluding hydrogens is 508 g/mol. The van der Waals surface area contributed by atoms with Gasteiger partial charge >= 0.3 is 6.18 Å². The first-order valence-electron chi connectivity index (χ1n) is 11.6. The van der Waals surface area contributed by atoms with E-state index in [1.54, 1.807) is 6.07 Å². The number of nitrogens with one attached hydrogen (secondary N) is 1. The van der Waals surface area contributed by atoms with Gasteiger partial charge in [0.15, 0.2) is 0 Å². The number of fused-ring (bicyclic) bond motifs is 1. The number of hydrogen-bond acceptors (Lipinski definition) is 8. The molecule has 1 saturated heterocycles. The highest BCUT2D eigenvalue weighted by atomic mass is 32.1. The molecule has 0 aliphatic carbocycles. The van der Waals surface area contributed by atoms with Gasteiger partial charge in [0.2, 0.25) is 0 Å². The van der Waals surface area contributed by atoms with Gasteiger partial charge in [-0.05, 0) is 38.4 Å². The van der Waals surface area contributed by atoms with Crippen LogP contribution in [0.1, 0.15) is 11.3 Å². The quantitative estimate of drug-likeness (QED) is 0.327. The molecule has 1 aliphatic heterocycles. The van der Waals surface area contributed by atoms with E-state index in [1.807, 2.05) is 31.1 Å². The second kappa shape index (κ2) is 10.2. The van der Waals surface area contributed by atoms with Crippen molar-refractivity contribution in [2.75, 3.05) is 50.6 Å². The van der Waals surface area contributed by atoms with Crippen LogP contribution < -0.4 is 10.2 Å². The number of halogens is 4. The molecule has 0 unspecified atom stereocenters. The largest absolute Gasteiger partial charge is 0.417 e. The average Bonchev–Trinajstić information content (AvgIpc) is 3.27. The summed E-state index contributed by atoms with van der Waals surface area (Å²) in [6, 6.07) is 8.38. The zero-order chi connectivity index (χ0) is 26.2. The van der Waals surface area contributed by atoms with E-state index in [0.29, 0.717) is 41.6 Å². The van der Waals surface area contributed by atoms with Crippen molar-refractivity contribution in [1.29, 1.82) is 0 Å². The number of anilines is 3. The lowest BCUT2D eigenvalue weighted by atomic mass is 10.1. The Morgan fingerprint density at radius 1 is 1.08 bits per heavy atom. The first-order valence-corrected chi connectivity index (χ1v) is 12.4. The van der Waals surface area contributed by atoms with Crippen molar-refractivity contribution in [2.45, 2.75) is 12.7 Å². The van der Waals surface area contributed by atoms with E-state index in [-0.39, 0.29) is 5.01 Å². The Balaban J connectivity index is 1.45. The van der Waals surface area contributed by atoms with E-state index in [0.717, 1.165) is 54.0 Å². The number of ether oxygens (including phenoxy) is 1. The number of morpholine rings is 1. The Morgan fingerprint density at radius 3 is 2.59 bits per heavy atom. The van der Waals surface area contributed by atoms with E-state index in [9.17, 15) is 17.6 Å². The van der Waals surface area contributed by atoms with Crippen LogP contribution in [0.2, 0.25) is 0 Å². The molecule has 0 atom stereocenters. The summed E-state index contributed by atoms with van der Waals surface area (Å²) in [6.07, 6.45) is -3.20. The highest BCUT2D eigenvalue weighted by Crippen LogP contribution is 2.41. The van der Waals surface area contributed by atoms with Crippen molar-refractivity contribution in [2.24, 2.45) is 0 Å². The fourth-order valence-electron chi connectivity index (χ4n) is 4.19. The maximum atomic E-state index is 14.5. The average molecular weight is 533 g/mol. The zero-order valence-corrected chi connectivity index (χ0v) is 21.0. The van der Waals surface area contributed by atoms with Crippen LogP contribution in [0.3, 0.4) is 0 Å². The maximum absolute atomic E-state index is 14.5. The van der Waals surface area contributed by atoms with E-state index in [4.69, 9.17) is 9.72 Å². The third-order valence-corrected chi connectivity index (χ3v) is 6.86. The van der Waals surface area contributed by atoms with Gasteiger partial charge in [0.05, 0.1) is 45.9 Å². The van der Waals surface area contributed by atoms with Gasteiger partial charge in [-0.1, -0.05) is 6.07 Å². The van der Waals surface area contributed by atoms with Crippen molar-refractivity contribution < 1.29 is 22.3 Å². The van der Waals surface area contributed by atoms with Crippen molar-refractivity contribution >= 4 is 38.9 Å². The molecule has 12 heteroatoms. The molecule has 0 bridgehead atoms. The summed E-state index contributed by atoms with van der Waals surface area (Å²) < 4.78 is 61.0. The number of benzene rings is 1. The minimum Gasteiger partial charge on any atom is -0.378 e. The molecule has 194 valence electrons. The molecule has 37 heavy (non-hydrogen) atoms. The van der Waals surface area contributed by atoms with Gasteiger partial charge in [-0.25, -0.2) is 19.3 Å². The molecule has 7 nitrogen and oxygen atoms in total. The molecule has 1 fully saturated rings. The lowest BCUT2D eigenvalue weighted by Crippen LogP contribution is -2.37. The van der Waals surface area contributed by atoms with E-state index >= 15 is 0 Å². The first-order chi connectivity index (χ1) is 17.7. The SMILES string of the molecule is CN(C)Cc1nc(Nc2cc3nc(-c4c(F)cccc4C(F)(F)F)sc3cn2)ccc1N1CCOCC1. The monoisotopic (exact) mass is 532 g/mol. The van der Waals surface area contributed by atoms with Crippen LogP contribution in [-0.4, -0.2) is 60.3 Å². The van der Waals surface area contributed by atoms with Gasteiger partial charge in [-0.3, -0.25) is 0 Å². The second-order valence-corrected chi connectivity index (χ2v) is 9.87. The molecule has 1 aromatic carbocycles. The number of pyridine rings is 2. The van der Waals surface area contributed by atoms with Gasteiger partial charge < -0.3 is 19.9 Å². The van der Waals surface area contributed by atoms with Crippen LogP contribution in [0, 0.1) is 5.82 Å². The molecule has 0 saturated carbocycles. The summed E-state index contributed by atoms with van der Waals surface area (Å²) in [4.78, 5) is 17.8. The van der Waals surface area contributed by atoms with Crippen LogP contribution in [0.4, 0.5) is 34.9 Å². The number of hydrogen-bond donors (Lipinski definition) is 1. The Hall–Kier alpha value is -3.35. The smallest absolute Gasteiger partial charge is 0.378 e. The van der Waals surface area contributed by atoms with E-state index in [2.05, 4.69) is 20.2 Å². The fraction of sp³-hybridized carbons (Fsp3) is 0.320. The summed E-state index contributed by atoms with van der Waals surface area (Å²) in [5.41, 5.74) is 0.733. The lowest BCUT2D eigenvalue weighted by molar-refractivity contribution is -0.137. The molecule has 5 rings (SSSR count). The highest BCUT2D eigenvalue weighted by molar-refractivity contribution is 7.21. The van der Waals surface area contributed by atoms with Gasteiger partial charge in [-0.15, -0.1) is 11.3 Å².